The van der Waals surface area contributed by atoms with E-state index >= 15 is 0 Å². The van der Waals surface area contributed by atoms with Crippen LogP contribution in [0.2, 0.25) is 5.15 Å². The van der Waals surface area contributed by atoms with Gasteiger partial charge < -0.3 is 15.0 Å². The highest BCUT2D eigenvalue weighted by molar-refractivity contribution is 6.34. The molecule has 1 aromatic carbocycles. The maximum absolute atomic E-state index is 6.05. The molecule has 0 spiro atoms. The van der Waals surface area contributed by atoms with E-state index in [1.54, 1.807) is 7.11 Å². The molecule has 1 heterocycles. The molecule has 108 valence electrons. The third kappa shape index (κ3) is 3.79. The minimum absolute atomic E-state index is 0.434. The zero-order chi connectivity index (χ0) is 14.4. The van der Waals surface area contributed by atoms with Crippen molar-refractivity contribution >= 4 is 28.2 Å². The van der Waals surface area contributed by atoms with Crippen LogP contribution in [0.4, 0.5) is 5.82 Å². The summed E-state index contributed by atoms with van der Waals surface area (Å²) in [5, 5.41) is 13.8. The van der Waals surface area contributed by atoms with Crippen molar-refractivity contribution in [2.45, 2.75) is 0 Å². The van der Waals surface area contributed by atoms with E-state index in [0.29, 0.717) is 5.15 Å². The van der Waals surface area contributed by atoms with Crippen LogP contribution in [0.3, 0.4) is 0 Å². The highest BCUT2D eigenvalue weighted by Crippen LogP contribution is 2.25. The second-order valence-corrected chi connectivity index (χ2v) is 4.97. The highest BCUT2D eigenvalue weighted by Gasteiger charge is 2.07. The molecule has 20 heavy (non-hydrogen) atoms. The maximum Gasteiger partial charge on any atom is 0.159 e. The number of fused-ring (bicyclic) bond motifs is 1. The number of hydrogen-bond donors (Lipinski definition) is 1. The van der Waals surface area contributed by atoms with Crippen molar-refractivity contribution in [3.05, 3.63) is 29.4 Å². The van der Waals surface area contributed by atoms with Crippen molar-refractivity contribution in [2.24, 2.45) is 0 Å². The van der Waals surface area contributed by atoms with Gasteiger partial charge in [0.15, 0.2) is 11.0 Å². The van der Waals surface area contributed by atoms with Crippen molar-refractivity contribution in [1.82, 2.24) is 15.1 Å². The molecule has 0 aliphatic carbocycles. The molecule has 0 atom stereocenters. The molecule has 0 aliphatic rings. The summed E-state index contributed by atoms with van der Waals surface area (Å²) >= 11 is 6.05. The zero-order valence-corrected chi connectivity index (χ0v) is 12.5. The molecule has 0 radical (unpaired) electrons. The number of rotatable bonds is 7. The summed E-state index contributed by atoms with van der Waals surface area (Å²) in [5.41, 5.74) is 0. The Hall–Kier alpha value is -1.43. The fourth-order valence-corrected chi connectivity index (χ4v) is 2.13. The Morgan fingerprint density at radius 3 is 2.70 bits per heavy atom. The first-order chi connectivity index (χ1) is 9.72. The molecule has 1 N–H and O–H groups in total. The second-order valence-electron chi connectivity index (χ2n) is 4.61. The number of benzene rings is 1. The summed E-state index contributed by atoms with van der Waals surface area (Å²) in [6, 6.07) is 7.85. The topological polar surface area (TPSA) is 50.3 Å². The molecule has 5 nitrogen and oxygen atoms in total. The number of methoxy groups -OCH3 is 1. The quantitative estimate of drug-likeness (QED) is 0.849. The lowest BCUT2D eigenvalue weighted by Gasteiger charge is -2.16. The summed E-state index contributed by atoms with van der Waals surface area (Å²) in [4.78, 5) is 2.20. The number of nitrogens with zero attached hydrogens (tertiary/aromatic N) is 3. The predicted molar refractivity (Wildman–Crippen MR) is 82.4 cm³/mol. The SMILES string of the molecule is COCCN(C)CCNc1nnc(Cl)c2ccccc12. The zero-order valence-electron chi connectivity index (χ0n) is 11.8. The largest absolute Gasteiger partial charge is 0.383 e. The Balaban J connectivity index is 1.98. The molecule has 0 amide bonds. The van der Waals surface area contributed by atoms with Crippen LogP contribution in [0.25, 0.3) is 10.8 Å². The van der Waals surface area contributed by atoms with Gasteiger partial charge in [0.25, 0.3) is 0 Å². The van der Waals surface area contributed by atoms with Crippen LogP contribution in [0.1, 0.15) is 0 Å². The molecule has 1 aromatic heterocycles. The van der Waals surface area contributed by atoms with Gasteiger partial charge in [0, 0.05) is 37.5 Å². The summed E-state index contributed by atoms with van der Waals surface area (Å²) in [5.74, 6) is 0.769. The van der Waals surface area contributed by atoms with Crippen LogP contribution in [-0.4, -0.2) is 55.5 Å². The first-order valence-electron chi connectivity index (χ1n) is 6.54. The molecule has 0 unspecified atom stereocenters. The third-order valence-corrected chi connectivity index (χ3v) is 3.38. The van der Waals surface area contributed by atoms with Gasteiger partial charge in [-0.15, -0.1) is 10.2 Å². The minimum atomic E-state index is 0.434. The van der Waals surface area contributed by atoms with Crippen molar-refractivity contribution < 1.29 is 4.74 Å². The average Bonchev–Trinajstić information content (AvgIpc) is 2.48. The van der Waals surface area contributed by atoms with Crippen molar-refractivity contribution in [3.63, 3.8) is 0 Å². The fraction of sp³-hybridized carbons (Fsp3) is 0.429. The summed E-state index contributed by atoms with van der Waals surface area (Å²) < 4.78 is 5.05. The smallest absolute Gasteiger partial charge is 0.159 e. The van der Waals surface area contributed by atoms with E-state index in [1.165, 1.54) is 0 Å². The van der Waals surface area contributed by atoms with Gasteiger partial charge in [0.1, 0.15) is 0 Å². The lowest BCUT2D eigenvalue weighted by molar-refractivity contribution is 0.163. The Morgan fingerprint density at radius 2 is 1.95 bits per heavy atom. The van der Waals surface area contributed by atoms with E-state index < -0.39 is 0 Å². The van der Waals surface area contributed by atoms with Gasteiger partial charge in [0.05, 0.1) is 6.61 Å². The lowest BCUT2D eigenvalue weighted by atomic mass is 10.2. The molecule has 0 aliphatic heterocycles. The van der Waals surface area contributed by atoms with E-state index in [4.69, 9.17) is 16.3 Å². The van der Waals surface area contributed by atoms with Crippen LogP contribution >= 0.6 is 11.6 Å². The normalized spacial score (nSPS) is 11.2. The van der Waals surface area contributed by atoms with Crippen molar-refractivity contribution in [1.29, 1.82) is 0 Å². The van der Waals surface area contributed by atoms with Gasteiger partial charge in [-0.2, -0.15) is 0 Å². The first-order valence-corrected chi connectivity index (χ1v) is 6.92. The van der Waals surface area contributed by atoms with Gasteiger partial charge in [-0.05, 0) is 7.05 Å². The van der Waals surface area contributed by atoms with E-state index in [9.17, 15) is 0 Å². The van der Waals surface area contributed by atoms with Crippen LogP contribution in [0.5, 0.6) is 0 Å². The number of hydrogen-bond acceptors (Lipinski definition) is 5. The van der Waals surface area contributed by atoms with Gasteiger partial charge in [-0.1, -0.05) is 35.9 Å². The average molecular weight is 295 g/mol. The van der Waals surface area contributed by atoms with Crippen molar-refractivity contribution in [3.8, 4) is 0 Å². The fourth-order valence-electron chi connectivity index (χ4n) is 1.93. The molecule has 0 fully saturated rings. The molecule has 0 saturated carbocycles. The number of halogens is 1. The second kappa shape index (κ2) is 7.38. The molecular weight excluding hydrogens is 276 g/mol. The third-order valence-electron chi connectivity index (χ3n) is 3.11. The summed E-state index contributed by atoms with van der Waals surface area (Å²) in [6.45, 7) is 3.34. The number of likely N-dealkylation sites (N-methyl/N-ethyl adjacent to an activating group) is 1. The minimum Gasteiger partial charge on any atom is -0.383 e. The summed E-state index contributed by atoms with van der Waals surface area (Å²) in [7, 11) is 3.77. The van der Waals surface area contributed by atoms with Gasteiger partial charge in [-0.3, -0.25) is 0 Å². The van der Waals surface area contributed by atoms with Gasteiger partial charge >= 0.3 is 0 Å². The van der Waals surface area contributed by atoms with E-state index in [-0.39, 0.29) is 0 Å². The maximum atomic E-state index is 6.05. The Bertz CT molecular complexity index is 564. The molecule has 0 saturated heterocycles. The highest BCUT2D eigenvalue weighted by atomic mass is 35.5. The molecule has 2 aromatic rings. The number of anilines is 1. The van der Waals surface area contributed by atoms with E-state index in [1.807, 2.05) is 24.3 Å². The predicted octanol–water partition coefficient (Wildman–Crippen LogP) is 2.27. The van der Waals surface area contributed by atoms with Crippen LogP contribution in [-0.2, 0) is 4.74 Å². The number of ether oxygens (including phenoxy) is 1. The monoisotopic (exact) mass is 294 g/mol. The lowest BCUT2D eigenvalue weighted by Crippen LogP contribution is -2.28. The van der Waals surface area contributed by atoms with E-state index in [2.05, 4.69) is 27.5 Å². The number of aromatic nitrogens is 2. The van der Waals surface area contributed by atoms with Crippen LogP contribution in [0.15, 0.2) is 24.3 Å². The Kier molecular flexibility index (Phi) is 5.52. The Morgan fingerprint density at radius 1 is 1.20 bits per heavy atom. The number of nitrogens with one attached hydrogen (secondary N) is 1. The van der Waals surface area contributed by atoms with Crippen LogP contribution in [0, 0.1) is 0 Å². The van der Waals surface area contributed by atoms with Crippen molar-refractivity contribution in [2.75, 3.05) is 45.7 Å². The van der Waals surface area contributed by atoms with Crippen LogP contribution < -0.4 is 5.32 Å². The molecule has 2 rings (SSSR count). The standard InChI is InChI=1S/C14H19ClN4O/c1-19(9-10-20-2)8-7-16-14-12-6-4-3-5-11(12)13(15)17-18-14/h3-6H,7-10H2,1-2H3,(H,16,18). The molecule has 6 heteroatoms. The van der Waals surface area contributed by atoms with Gasteiger partial charge in [0.2, 0.25) is 0 Å². The molecular formula is C14H19ClN4O. The summed E-state index contributed by atoms with van der Waals surface area (Å²) in [6.07, 6.45) is 0. The van der Waals surface area contributed by atoms with Gasteiger partial charge in [-0.25, -0.2) is 0 Å². The Labute approximate surface area is 123 Å². The van der Waals surface area contributed by atoms with E-state index in [0.717, 1.165) is 42.8 Å². The molecule has 0 bridgehead atoms. The first kappa shape index (κ1) is 15.0.